The quantitative estimate of drug-likeness (QED) is 0.477. The Bertz CT molecular complexity index is 954. The maximum atomic E-state index is 13.4. The van der Waals surface area contributed by atoms with Crippen LogP contribution >= 0.6 is 15.9 Å². The minimum atomic E-state index is -1.14. The highest BCUT2D eigenvalue weighted by molar-refractivity contribution is 9.10. The van der Waals surface area contributed by atoms with Crippen LogP contribution in [0.4, 0.5) is 0 Å². The molecule has 0 radical (unpaired) electrons. The Balaban J connectivity index is 2.52. The fourth-order valence-electron chi connectivity index (χ4n) is 3.22. The number of methoxy groups -OCH3 is 3. The highest BCUT2D eigenvalue weighted by atomic mass is 79.9. The number of hydrogen-bond acceptors (Lipinski definition) is 6. The van der Waals surface area contributed by atoms with Crippen molar-refractivity contribution in [2.75, 3.05) is 21.3 Å². The summed E-state index contributed by atoms with van der Waals surface area (Å²) in [5.74, 6) is -1.25. The van der Waals surface area contributed by atoms with Crippen molar-refractivity contribution in [1.29, 1.82) is 0 Å². The van der Waals surface area contributed by atoms with Crippen molar-refractivity contribution in [3.05, 3.63) is 52.0 Å². The number of amides is 2. The van der Waals surface area contributed by atoms with Crippen LogP contribution < -0.4 is 19.9 Å². The number of carbonyl (C=O) groups excluding carboxylic acids is 2. The molecule has 3 N–H and O–H groups in total. The summed E-state index contributed by atoms with van der Waals surface area (Å²) in [6.07, 6.45) is -0.454. The van der Waals surface area contributed by atoms with Gasteiger partial charge in [-0.15, -0.1) is 0 Å². The summed E-state index contributed by atoms with van der Waals surface area (Å²) >= 11 is 3.32. The van der Waals surface area contributed by atoms with Crippen LogP contribution in [-0.2, 0) is 16.1 Å². The molecule has 0 aliphatic rings. The number of carbonyl (C=O) groups is 3. The average Bonchev–Trinajstić information content (AvgIpc) is 2.77. The Labute approximate surface area is 194 Å². The van der Waals surface area contributed by atoms with E-state index in [2.05, 4.69) is 15.9 Å². The molecule has 0 aromatic heterocycles. The van der Waals surface area contributed by atoms with E-state index in [-0.39, 0.29) is 19.4 Å². The van der Waals surface area contributed by atoms with Crippen molar-refractivity contribution in [3.8, 4) is 17.2 Å². The van der Waals surface area contributed by atoms with Crippen molar-refractivity contribution >= 4 is 33.7 Å². The molecule has 0 saturated carbocycles. The fraction of sp³-hybridized carbons (Fsp3) is 0.318. The molecule has 0 spiro atoms. The predicted molar refractivity (Wildman–Crippen MR) is 120 cm³/mol. The number of carboxylic acids is 1. The van der Waals surface area contributed by atoms with Gasteiger partial charge in [0.2, 0.25) is 11.7 Å². The predicted octanol–water partition coefficient (Wildman–Crippen LogP) is 2.84. The van der Waals surface area contributed by atoms with Crippen molar-refractivity contribution in [3.63, 3.8) is 0 Å². The van der Waals surface area contributed by atoms with E-state index in [4.69, 9.17) is 25.1 Å². The van der Waals surface area contributed by atoms with E-state index >= 15 is 0 Å². The number of carboxylic acid groups (broad SMARTS) is 1. The molecule has 9 nitrogen and oxygen atoms in total. The molecule has 0 fully saturated rings. The van der Waals surface area contributed by atoms with Gasteiger partial charge in [-0.1, -0.05) is 15.9 Å². The molecule has 2 aromatic rings. The highest BCUT2D eigenvalue weighted by Gasteiger charge is 2.30. The van der Waals surface area contributed by atoms with Gasteiger partial charge in [-0.3, -0.25) is 14.4 Å². The number of nitrogens with two attached hydrogens (primary N) is 1. The Hall–Kier alpha value is -3.27. The maximum Gasteiger partial charge on any atom is 0.303 e. The fourth-order valence-corrected chi connectivity index (χ4v) is 3.48. The molecular weight excluding hydrogens is 484 g/mol. The Morgan fingerprint density at radius 3 is 2.03 bits per heavy atom. The number of aliphatic carboxylic acids is 1. The number of halogens is 1. The van der Waals surface area contributed by atoms with E-state index in [1.807, 2.05) is 0 Å². The number of hydrogen-bond donors (Lipinski definition) is 2. The van der Waals surface area contributed by atoms with Crippen LogP contribution in [0.25, 0.3) is 0 Å². The molecule has 0 unspecified atom stereocenters. The van der Waals surface area contributed by atoms with Gasteiger partial charge in [0.05, 0.1) is 21.3 Å². The Kier molecular flexibility index (Phi) is 8.89. The number of ether oxygens (including phenoxy) is 3. The minimum absolute atomic E-state index is 0.0428. The molecule has 2 amide bonds. The van der Waals surface area contributed by atoms with Crippen molar-refractivity contribution in [2.24, 2.45) is 5.73 Å². The molecule has 0 bridgehead atoms. The average molecular weight is 509 g/mol. The van der Waals surface area contributed by atoms with Crippen molar-refractivity contribution in [2.45, 2.75) is 25.4 Å². The van der Waals surface area contributed by atoms with Gasteiger partial charge in [-0.25, -0.2) is 0 Å². The number of benzene rings is 2. The monoisotopic (exact) mass is 508 g/mol. The third-order valence-electron chi connectivity index (χ3n) is 4.77. The number of rotatable bonds is 11. The van der Waals surface area contributed by atoms with Crippen LogP contribution in [0.2, 0.25) is 0 Å². The first-order chi connectivity index (χ1) is 15.2. The van der Waals surface area contributed by atoms with Crippen LogP contribution in [0.3, 0.4) is 0 Å². The highest BCUT2D eigenvalue weighted by Crippen LogP contribution is 2.38. The van der Waals surface area contributed by atoms with E-state index in [1.54, 1.807) is 36.4 Å². The SMILES string of the molecule is COc1cc(CN(C(=O)c2ccc(Br)cc2)[C@@H](CCC(=O)O)C(N)=O)cc(OC)c1OC. The van der Waals surface area contributed by atoms with Gasteiger partial charge in [-0.05, 0) is 48.4 Å². The second-order valence-electron chi connectivity index (χ2n) is 6.82. The normalized spacial score (nSPS) is 11.4. The van der Waals surface area contributed by atoms with Crippen LogP contribution in [-0.4, -0.2) is 55.2 Å². The van der Waals surface area contributed by atoms with E-state index in [0.717, 1.165) is 4.47 Å². The van der Waals surface area contributed by atoms with Gasteiger partial charge in [0.15, 0.2) is 11.5 Å². The third-order valence-corrected chi connectivity index (χ3v) is 5.29. The lowest BCUT2D eigenvalue weighted by atomic mass is 10.0. The summed E-state index contributed by atoms with van der Waals surface area (Å²) in [4.78, 5) is 38.0. The van der Waals surface area contributed by atoms with Crippen LogP contribution in [0.5, 0.6) is 17.2 Å². The van der Waals surface area contributed by atoms with Crippen LogP contribution in [0.15, 0.2) is 40.9 Å². The molecular formula is C22H25BrN2O7. The summed E-state index contributed by atoms with van der Waals surface area (Å²) in [5, 5.41) is 9.09. The first-order valence-electron chi connectivity index (χ1n) is 9.58. The second kappa shape index (κ2) is 11.4. The summed E-state index contributed by atoms with van der Waals surface area (Å²) in [6.45, 7) is -0.0428. The van der Waals surface area contributed by atoms with E-state index in [1.165, 1.54) is 26.2 Å². The molecule has 1 atom stereocenters. The lowest BCUT2D eigenvalue weighted by molar-refractivity contribution is -0.137. The lowest BCUT2D eigenvalue weighted by Gasteiger charge is -2.30. The summed E-state index contributed by atoms with van der Waals surface area (Å²) in [7, 11) is 4.40. The molecule has 0 aliphatic carbocycles. The molecule has 2 rings (SSSR count). The second-order valence-corrected chi connectivity index (χ2v) is 7.74. The molecule has 32 heavy (non-hydrogen) atoms. The molecule has 10 heteroatoms. The Morgan fingerprint density at radius 1 is 1.03 bits per heavy atom. The topological polar surface area (TPSA) is 128 Å². The standard InChI is InChI=1S/C22H25BrN2O7/c1-30-17-10-13(11-18(31-2)20(17)32-3)12-25(16(21(24)28)8-9-19(26)27)22(29)14-4-6-15(23)7-5-14/h4-7,10-11,16H,8-9,12H2,1-3H3,(H2,24,28)(H,26,27)/t16-/m0/s1. The van der Waals surface area contributed by atoms with Crippen molar-refractivity contribution < 1.29 is 33.7 Å². The third kappa shape index (κ3) is 6.13. The summed E-state index contributed by atoms with van der Waals surface area (Å²) < 4.78 is 16.8. The zero-order valence-corrected chi connectivity index (χ0v) is 19.5. The van der Waals surface area contributed by atoms with Gasteiger partial charge in [0, 0.05) is 23.0 Å². The minimum Gasteiger partial charge on any atom is -0.493 e. The van der Waals surface area contributed by atoms with E-state index < -0.39 is 23.8 Å². The summed E-state index contributed by atoms with van der Waals surface area (Å²) in [5.41, 5.74) is 6.47. The molecule has 0 saturated heterocycles. The molecule has 2 aromatic carbocycles. The lowest BCUT2D eigenvalue weighted by Crippen LogP contribution is -2.47. The van der Waals surface area contributed by atoms with Crippen LogP contribution in [0, 0.1) is 0 Å². The Morgan fingerprint density at radius 2 is 1.59 bits per heavy atom. The zero-order valence-electron chi connectivity index (χ0n) is 18.0. The van der Waals surface area contributed by atoms with Gasteiger partial charge in [0.25, 0.3) is 5.91 Å². The smallest absolute Gasteiger partial charge is 0.303 e. The summed E-state index contributed by atoms with van der Waals surface area (Å²) in [6, 6.07) is 8.76. The van der Waals surface area contributed by atoms with Gasteiger partial charge in [-0.2, -0.15) is 0 Å². The first-order valence-corrected chi connectivity index (χ1v) is 10.4. The molecule has 0 aliphatic heterocycles. The molecule has 172 valence electrons. The van der Waals surface area contributed by atoms with Gasteiger partial charge in [0.1, 0.15) is 6.04 Å². The van der Waals surface area contributed by atoms with E-state index in [0.29, 0.717) is 28.4 Å². The van der Waals surface area contributed by atoms with E-state index in [9.17, 15) is 14.4 Å². The van der Waals surface area contributed by atoms with Gasteiger partial charge < -0.3 is 30.0 Å². The first kappa shape index (κ1) is 25.0. The van der Waals surface area contributed by atoms with Gasteiger partial charge >= 0.3 is 5.97 Å². The molecule has 0 heterocycles. The van der Waals surface area contributed by atoms with Crippen molar-refractivity contribution in [1.82, 2.24) is 4.90 Å². The number of nitrogens with zero attached hydrogens (tertiary/aromatic N) is 1. The number of primary amides is 1. The maximum absolute atomic E-state index is 13.4. The van der Waals surface area contributed by atoms with Crippen LogP contribution in [0.1, 0.15) is 28.8 Å². The largest absolute Gasteiger partial charge is 0.493 e. The zero-order chi connectivity index (χ0) is 23.8.